The molecule has 0 fully saturated rings. The second-order valence-electron chi connectivity index (χ2n) is 12.6. The van der Waals surface area contributed by atoms with E-state index >= 15 is 0 Å². The van der Waals surface area contributed by atoms with E-state index in [4.69, 9.17) is 0 Å². The molecular formula is C49H36S4. The maximum atomic E-state index is 2.31. The first-order valence-electron chi connectivity index (χ1n) is 17.5. The van der Waals surface area contributed by atoms with Crippen molar-refractivity contribution in [1.82, 2.24) is 0 Å². The third-order valence-electron chi connectivity index (χ3n) is 9.31. The zero-order valence-electron chi connectivity index (χ0n) is 28.9. The highest BCUT2D eigenvalue weighted by Gasteiger charge is 2.38. The van der Waals surface area contributed by atoms with E-state index in [0.717, 1.165) is 0 Å². The zero-order valence-corrected chi connectivity index (χ0v) is 32.2. The van der Waals surface area contributed by atoms with Crippen LogP contribution in [0.3, 0.4) is 0 Å². The largest absolute Gasteiger partial charge is 0.144 e. The van der Waals surface area contributed by atoms with Gasteiger partial charge in [0, 0.05) is 19.5 Å². The number of benzene rings is 4. The lowest BCUT2D eigenvalue weighted by molar-refractivity contribution is 0.744. The summed E-state index contributed by atoms with van der Waals surface area (Å²) in [5.41, 5.74) is 9.00. The summed E-state index contributed by atoms with van der Waals surface area (Å²) in [4.78, 5) is 4.99. The molecule has 0 nitrogen and oxygen atoms in total. The van der Waals surface area contributed by atoms with Gasteiger partial charge in [-0.3, -0.25) is 0 Å². The Morgan fingerprint density at radius 2 is 0.491 bits per heavy atom. The van der Waals surface area contributed by atoms with Crippen molar-refractivity contribution in [1.29, 1.82) is 0 Å². The molecule has 0 bridgehead atoms. The van der Waals surface area contributed by atoms with Crippen LogP contribution in [0.1, 0.15) is 64.0 Å². The van der Waals surface area contributed by atoms with Gasteiger partial charge in [0.2, 0.25) is 0 Å². The van der Waals surface area contributed by atoms with Crippen LogP contribution in [0.15, 0.2) is 167 Å². The summed E-state index contributed by atoms with van der Waals surface area (Å²) in [6.45, 7) is 0. The first-order valence-corrected chi connectivity index (χ1v) is 21.0. The topological polar surface area (TPSA) is 0 Å². The Kier molecular flexibility index (Phi) is 10.8. The van der Waals surface area contributed by atoms with Gasteiger partial charge in [-0.2, -0.15) is 0 Å². The maximum absolute atomic E-state index is 2.31. The molecule has 0 saturated carbocycles. The molecule has 4 aromatic carbocycles. The Bertz CT molecular complexity index is 2060. The summed E-state index contributed by atoms with van der Waals surface area (Å²) < 4.78 is 0. The van der Waals surface area contributed by atoms with Crippen molar-refractivity contribution >= 4 is 94.0 Å². The highest BCUT2D eigenvalue weighted by atomic mass is 32.1. The summed E-state index contributed by atoms with van der Waals surface area (Å²) in [7, 11) is 0. The van der Waals surface area contributed by atoms with E-state index < -0.39 is 5.41 Å². The predicted molar refractivity (Wildman–Crippen MR) is 238 cm³/mol. The SMILES string of the molecule is C(=C\c1cccs1)/c1ccc(C(c2ccc(/C=C/c3cccs3)cc2)(c2ccc(/C=C/c3cccs3)cc2)c2ccc(/C=C/c3cccs3)cc2)cc1. The first-order chi connectivity index (χ1) is 26.2. The fraction of sp³-hybridized carbons (Fsp3) is 0.0204. The highest BCUT2D eigenvalue weighted by molar-refractivity contribution is 7.11. The van der Waals surface area contributed by atoms with Crippen molar-refractivity contribution in [2.45, 2.75) is 5.41 Å². The fourth-order valence-electron chi connectivity index (χ4n) is 6.63. The van der Waals surface area contributed by atoms with Gasteiger partial charge in [-0.15, -0.1) is 45.3 Å². The van der Waals surface area contributed by atoms with Gasteiger partial charge in [-0.05, 0) is 115 Å². The van der Waals surface area contributed by atoms with E-state index in [1.54, 1.807) is 45.3 Å². The van der Waals surface area contributed by atoms with Crippen LogP contribution in [0.2, 0.25) is 0 Å². The lowest BCUT2D eigenvalue weighted by Gasteiger charge is -2.37. The second-order valence-corrected chi connectivity index (χ2v) is 16.6. The molecule has 4 aromatic heterocycles. The van der Waals surface area contributed by atoms with Crippen LogP contribution in [0.5, 0.6) is 0 Å². The molecule has 0 atom stereocenters. The Morgan fingerprint density at radius 1 is 0.264 bits per heavy atom. The van der Waals surface area contributed by atoms with Gasteiger partial charge in [-0.25, -0.2) is 0 Å². The minimum Gasteiger partial charge on any atom is -0.144 e. The summed E-state index contributed by atoms with van der Waals surface area (Å²) in [6.07, 6.45) is 17.6. The fourth-order valence-corrected chi connectivity index (χ4v) is 9.11. The monoisotopic (exact) mass is 752 g/mol. The van der Waals surface area contributed by atoms with Gasteiger partial charge >= 0.3 is 0 Å². The molecule has 0 aliphatic heterocycles. The summed E-state index contributed by atoms with van der Waals surface area (Å²) in [6, 6.07) is 53.5. The molecule has 4 heteroatoms. The molecule has 0 unspecified atom stereocenters. The Balaban J connectivity index is 1.25. The van der Waals surface area contributed by atoms with Gasteiger partial charge in [-0.1, -0.05) is 146 Å². The average molecular weight is 753 g/mol. The third kappa shape index (κ3) is 8.17. The number of rotatable bonds is 12. The molecule has 0 spiro atoms. The summed E-state index contributed by atoms with van der Waals surface area (Å²) in [5.74, 6) is 0. The molecule has 8 aromatic rings. The summed E-state index contributed by atoms with van der Waals surface area (Å²) >= 11 is 7.01. The molecule has 0 aliphatic carbocycles. The van der Waals surface area contributed by atoms with Crippen molar-refractivity contribution in [3.63, 3.8) is 0 Å². The maximum Gasteiger partial charge on any atom is 0.0701 e. The van der Waals surface area contributed by atoms with Crippen LogP contribution in [-0.4, -0.2) is 0 Å². The van der Waals surface area contributed by atoms with E-state index in [2.05, 4.69) is 216 Å². The van der Waals surface area contributed by atoms with Gasteiger partial charge in [0.05, 0.1) is 5.41 Å². The quantitative estimate of drug-likeness (QED) is 0.109. The Morgan fingerprint density at radius 3 is 0.679 bits per heavy atom. The van der Waals surface area contributed by atoms with E-state index in [9.17, 15) is 0 Å². The molecule has 8 rings (SSSR count). The molecule has 53 heavy (non-hydrogen) atoms. The Hall–Kier alpha value is -5.36. The average Bonchev–Trinajstić information content (AvgIpc) is 4.07. The van der Waals surface area contributed by atoms with Crippen molar-refractivity contribution in [2.75, 3.05) is 0 Å². The molecule has 0 radical (unpaired) electrons. The summed E-state index contributed by atoms with van der Waals surface area (Å²) in [5, 5.41) is 8.47. The number of thiophene rings is 4. The van der Waals surface area contributed by atoms with Crippen molar-refractivity contribution in [2.24, 2.45) is 0 Å². The highest BCUT2D eigenvalue weighted by Crippen LogP contribution is 2.46. The lowest BCUT2D eigenvalue weighted by Crippen LogP contribution is -2.31. The zero-order chi connectivity index (χ0) is 35.7. The number of hydrogen-bond donors (Lipinski definition) is 0. The smallest absolute Gasteiger partial charge is 0.0701 e. The van der Waals surface area contributed by atoms with Crippen LogP contribution in [-0.2, 0) is 5.41 Å². The lowest BCUT2D eigenvalue weighted by atomic mass is 9.65. The van der Waals surface area contributed by atoms with Gasteiger partial charge in [0.1, 0.15) is 0 Å². The van der Waals surface area contributed by atoms with E-state index in [1.165, 1.54) is 64.0 Å². The van der Waals surface area contributed by atoms with Crippen LogP contribution in [0.4, 0.5) is 0 Å². The molecule has 0 saturated heterocycles. The van der Waals surface area contributed by atoms with Gasteiger partial charge in [0.15, 0.2) is 0 Å². The predicted octanol–water partition coefficient (Wildman–Crippen LogP) is 15.0. The molecule has 256 valence electrons. The van der Waals surface area contributed by atoms with Gasteiger partial charge < -0.3 is 0 Å². The van der Waals surface area contributed by atoms with Crippen molar-refractivity contribution in [3.8, 4) is 0 Å². The first kappa shape index (κ1) is 34.7. The standard InChI is InChI=1S/C49H36S4/c1-5-45(50-33-1)29-17-37-9-21-41(22-10-37)49(42-23-11-38(12-24-42)18-30-46-6-2-34-51-46,43-25-13-39(14-26-43)19-31-47-7-3-35-52-47)44-27-15-40(16-28-44)20-32-48-8-4-36-53-48/h1-36H/b29-17+,30-18+,31-19+,32-20+. The van der Waals surface area contributed by atoms with Crippen LogP contribution < -0.4 is 0 Å². The van der Waals surface area contributed by atoms with Crippen LogP contribution in [0.25, 0.3) is 48.6 Å². The number of hydrogen-bond acceptors (Lipinski definition) is 4. The third-order valence-corrected chi connectivity index (χ3v) is 12.7. The minimum absolute atomic E-state index is 0.571. The second kappa shape index (κ2) is 16.5. The van der Waals surface area contributed by atoms with Crippen molar-refractivity contribution in [3.05, 3.63) is 231 Å². The van der Waals surface area contributed by atoms with Gasteiger partial charge in [0.25, 0.3) is 0 Å². The van der Waals surface area contributed by atoms with E-state index in [-0.39, 0.29) is 0 Å². The normalized spacial score (nSPS) is 12.2. The van der Waals surface area contributed by atoms with E-state index in [1.807, 2.05) is 0 Å². The molecule has 4 heterocycles. The van der Waals surface area contributed by atoms with Crippen LogP contribution in [0, 0.1) is 0 Å². The molecule has 0 amide bonds. The van der Waals surface area contributed by atoms with E-state index in [0.29, 0.717) is 0 Å². The molecule has 0 aliphatic rings. The van der Waals surface area contributed by atoms with Crippen LogP contribution >= 0.6 is 45.3 Å². The van der Waals surface area contributed by atoms with Crippen molar-refractivity contribution < 1.29 is 0 Å². The molecule has 0 N–H and O–H groups in total. The minimum atomic E-state index is -0.571. The molecular weight excluding hydrogens is 717 g/mol. The Labute approximate surface area is 328 Å².